The van der Waals surface area contributed by atoms with Gasteiger partial charge in [-0.05, 0) is 81.4 Å². The SMILES string of the molecule is C[Si]1(C)c2ccccc2-c2c1cc1ccc3ccc4c5c(cc2c1c35)-c1ccccc1[Si]4(C)C. The van der Waals surface area contributed by atoms with Gasteiger partial charge in [-0.2, -0.15) is 0 Å². The summed E-state index contributed by atoms with van der Waals surface area (Å²) in [5, 5.41) is 15.1. The zero-order valence-electron chi connectivity index (χ0n) is 20.1. The van der Waals surface area contributed by atoms with E-state index in [4.69, 9.17) is 0 Å². The molecule has 0 atom stereocenters. The third kappa shape index (κ3) is 2.03. The Morgan fingerprint density at radius 2 is 1.06 bits per heavy atom. The van der Waals surface area contributed by atoms with Gasteiger partial charge in [0.05, 0.1) is 0 Å². The van der Waals surface area contributed by atoms with Crippen molar-refractivity contribution < 1.29 is 0 Å². The minimum absolute atomic E-state index is 1.38. The van der Waals surface area contributed by atoms with Gasteiger partial charge in [-0.15, -0.1) is 0 Å². The van der Waals surface area contributed by atoms with Gasteiger partial charge in [-0.25, -0.2) is 0 Å². The van der Waals surface area contributed by atoms with E-state index in [-0.39, 0.29) is 0 Å². The molecule has 162 valence electrons. The van der Waals surface area contributed by atoms with Crippen LogP contribution < -0.4 is 20.7 Å². The highest BCUT2D eigenvalue weighted by Crippen LogP contribution is 2.46. The van der Waals surface area contributed by atoms with Crippen molar-refractivity contribution in [3.63, 3.8) is 0 Å². The topological polar surface area (TPSA) is 0 Å². The molecular formula is C32H26Si2. The average Bonchev–Trinajstić information content (AvgIpc) is 3.08. The van der Waals surface area contributed by atoms with E-state index in [9.17, 15) is 0 Å². The summed E-state index contributed by atoms with van der Waals surface area (Å²) in [5.41, 5.74) is 5.89. The maximum atomic E-state index is 2.57. The number of hydrogen-bond donors (Lipinski definition) is 0. The van der Waals surface area contributed by atoms with Gasteiger partial charge >= 0.3 is 0 Å². The normalized spacial score (nSPS) is 16.7. The van der Waals surface area contributed by atoms with Gasteiger partial charge in [0.15, 0.2) is 0 Å². The summed E-state index contributed by atoms with van der Waals surface area (Å²) in [5.74, 6) is 0. The quantitative estimate of drug-likeness (QED) is 0.185. The van der Waals surface area contributed by atoms with Gasteiger partial charge in [0, 0.05) is 0 Å². The molecule has 2 heterocycles. The molecule has 0 saturated carbocycles. The smallest absolute Gasteiger partial charge is 0.0623 e. The Morgan fingerprint density at radius 3 is 1.85 bits per heavy atom. The molecule has 34 heavy (non-hydrogen) atoms. The molecule has 6 aromatic rings. The first kappa shape index (κ1) is 19.1. The molecule has 0 aliphatic carbocycles. The van der Waals surface area contributed by atoms with E-state index in [1.807, 2.05) is 0 Å². The van der Waals surface area contributed by atoms with E-state index in [2.05, 4.69) is 111 Å². The lowest BCUT2D eigenvalue weighted by atomic mass is 9.85. The van der Waals surface area contributed by atoms with E-state index in [1.165, 1.54) is 54.6 Å². The van der Waals surface area contributed by atoms with Crippen molar-refractivity contribution in [2.75, 3.05) is 0 Å². The Balaban J connectivity index is 1.68. The van der Waals surface area contributed by atoms with Crippen molar-refractivity contribution in [3.05, 3.63) is 84.9 Å². The fourth-order valence-corrected chi connectivity index (χ4v) is 13.5. The third-order valence-electron chi connectivity index (χ3n) is 8.99. The summed E-state index contributed by atoms with van der Waals surface area (Å²) in [7, 11) is -3.52. The molecule has 0 saturated heterocycles. The van der Waals surface area contributed by atoms with Gasteiger partial charge < -0.3 is 0 Å². The third-order valence-corrected chi connectivity index (χ3v) is 16.1. The highest BCUT2D eigenvalue weighted by atomic mass is 28.3. The maximum Gasteiger partial charge on any atom is 0.113 e. The second-order valence-electron chi connectivity index (χ2n) is 11.4. The van der Waals surface area contributed by atoms with Crippen LogP contribution in [-0.2, 0) is 0 Å². The van der Waals surface area contributed by atoms with Crippen molar-refractivity contribution in [2.24, 2.45) is 0 Å². The van der Waals surface area contributed by atoms with E-state index < -0.39 is 16.1 Å². The molecule has 0 spiro atoms. The summed E-state index contributed by atoms with van der Waals surface area (Å²) in [6, 6.07) is 33.1. The minimum Gasteiger partial charge on any atom is -0.0623 e. The van der Waals surface area contributed by atoms with Gasteiger partial charge in [-0.1, -0.05) is 105 Å². The number of benzene rings is 6. The first-order valence-corrected chi connectivity index (χ1v) is 18.4. The maximum absolute atomic E-state index is 2.57. The second-order valence-corrected chi connectivity index (χ2v) is 20.0. The summed E-state index contributed by atoms with van der Waals surface area (Å²) < 4.78 is 0. The minimum atomic E-state index is -1.78. The largest absolute Gasteiger partial charge is 0.113 e. The molecule has 6 aromatic carbocycles. The molecule has 0 unspecified atom stereocenters. The zero-order chi connectivity index (χ0) is 23.0. The van der Waals surface area contributed by atoms with Crippen LogP contribution in [0.3, 0.4) is 0 Å². The van der Waals surface area contributed by atoms with Crippen molar-refractivity contribution in [1.29, 1.82) is 0 Å². The van der Waals surface area contributed by atoms with Crippen LogP contribution in [0.5, 0.6) is 0 Å². The number of fused-ring (bicyclic) bond motifs is 6. The van der Waals surface area contributed by atoms with Gasteiger partial charge in [0.2, 0.25) is 0 Å². The Hall–Kier alpha value is -3.21. The number of rotatable bonds is 0. The van der Waals surface area contributed by atoms with Gasteiger partial charge in [0.25, 0.3) is 0 Å². The zero-order valence-corrected chi connectivity index (χ0v) is 22.1. The molecule has 8 rings (SSSR count). The molecule has 2 aliphatic heterocycles. The molecule has 0 N–H and O–H groups in total. The van der Waals surface area contributed by atoms with E-state index in [0.717, 1.165) is 0 Å². The lowest BCUT2D eigenvalue weighted by Crippen LogP contribution is -2.55. The second kappa shape index (κ2) is 5.88. The predicted molar refractivity (Wildman–Crippen MR) is 155 cm³/mol. The van der Waals surface area contributed by atoms with E-state index in [0.29, 0.717) is 0 Å². The fourth-order valence-electron chi connectivity index (χ4n) is 7.30. The molecule has 2 heteroatoms. The molecule has 0 radical (unpaired) electrons. The van der Waals surface area contributed by atoms with E-state index in [1.54, 1.807) is 20.7 Å². The molecule has 0 aromatic heterocycles. The first-order valence-electron chi connectivity index (χ1n) is 12.4. The van der Waals surface area contributed by atoms with Crippen molar-refractivity contribution >= 4 is 69.2 Å². The molecule has 0 amide bonds. The summed E-state index contributed by atoms with van der Waals surface area (Å²) in [6.45, 7) is 10.1. The summed E-state index contributed by atoms with van der Waals surface area (Å²) >= 11 is 0. The van der Waals surface area contributed by atoms with Crippen LogP contribution in [0, 0.1) is 0 Å². The Kier molecular flexibility index (Phi) is 3.31. The van der Waals surface area contributed by atoms with Gasteiger partial charge in [0.1, 0.15) is 16.1 Å². The molecule has 2 aliphatic rings. The van der Waals surface area contributed by atoms with Crippen LogP contribution >= 0.6 is 0 Å². The molecular weight excluding hydrogens is 441 g/mol. The lowest BCUT2D eigenvalue weighted by Gasteiger charge is -2.34. The van der Waals surface area contributed by atoms with Crippen LogP contribution in [-0.4, -0.2) is 16.1 Å². The Labute approximate surface area is 202 Å². The van der Waals surface area contributed by atoms with Crippen LogP contribution in [0.2, 0.25) is 26.2 Å². The Morgan fingerprint density at radius 1 is 0.441 bits per heavy atom. The van der Waals surface area contributed by atoms with Crippen LogP contribution in [0.1, 0.15) is 0 Å². The van der Waals surface area contributed by atoms with Crippen LogP contribution in [0.4, 0.5) is 0 Å². The molecule has 0 nitrogen and oxygen atoms in total. The van der Waals surface area contributed by atoms with Crippen LogP contribution in [0.25, 0.3) is 54.6 Å². The van der Waals surface area contributed by atoms with Gasteiger partial charge in [-0.3, -0.25) is 0 Å². The first-order chi connectivity index (χ1) is 16.4. The fraction of sp³-hybridized carbons (Fsp3) is 0.125. The number of hydrogen-bond acceptors (Lipinski definition) is 0. The van der Waals surface area contributed by atoms with Crippen molar-refractivity contribution in [2.45, 2.75) is 26.2 Å². The molecule has 0 bridgehead atoms. The van der Waals surface area contributed by atoms with Crippen molar-refractivity contribution in [1.82, 2.24) is 0 Å². The summed E-state index contributed by atoms with van der Waals surface area (Å²) in [6.07, 6.45) is 0. The van der Waals surface area contributed by atoms with Crippen molar-refractivity contribution in [3.8, 4) is 22.3 Å². The highest BCUT2D eigenvalue weighted by Gasteiger charge is 2.40. The summed E-state index contributed by atoms with van der Waals surface area (Å²) in [4.78, 5) is 0. The highest BCUT2D eigenvalue weighted by molar-refractivity contribution is 7.04. The average molecular weight is 467 g/mol. The van der Waals surface area contributed by atoms with Crippen LogP contribution in [0.15, 0.2) is 84.9 Å². The van der Waals surface area contributed by atoms with E-state index >= 15 is 0 Å². The Bertz CT molecular complexity index is 1860. The standard InChI is InChI=1S/C32H26Si2/c1-33(2)25-11-7-5-9-21(25)23-18-24-29-20(14-13-19-15-16-27(33)32(23)30(19)29)17-28-31(24)22-10-6-8-12-26(22)34(28,3)4/h5-18H,1-4H3. The predicted octanol–water partition coefficient (Wildman–Crippen LogP) is 6.19. The lowest BCUT2D eigenvalue weighted by molar-refractivity contribution is 1.65. The monoisotopic (exact) mass is 466 g/mol. The molecule has 0 fully saturated rings.